The van der Waals surface area contributed by atoms with Crippen LogP contribution in [-0.4, -0.2) is 63.2 Å². The highest BCUT2D eigenvalue weighted by atomic mass is 16.5. The molecule has 0 radical (unpaired) electrons. The average Bonchev–Trinajstić information content (AvgIpc) is 2.79. The minimum Gasteiger partial charge on any atom is -0.396 e. The highest BCUT2D eigenvalue weighted by Gasteiger charge is 2.35. The van der Waals surface area contributed by atoms with E-state index in [9.17, 15) is 5.11 Å². The molecular formula is C13H25NO3. The maximum Gasteiger partial charge on any atom is 0.0557 e. The summed E-state index contributed by atoms with van der Waals surface area (Å²) in [5, 5.41) is 9.54. The zero-order chi connectivity index (χ0) is 12.1. The molecule has 1 N–H and O–H groups in total. The number of nitrogens with zero attached hydrogens (tertiary/aromatic N) is 1. The quantitative estimate of drug-likeness (QED) is 0.773. The van der Waals surface area contributed by atoms with E-state index in [1.54, 1.807) is 0 Å². The number of ether oxygens (including phenoxy) is 2. The Bertz CT molecular complexity index is 223. The molecule has 0 aromatic rings. The first-order valence-electron chi connectivity index (χ1n) is 6.69. The van der Waals surface area contributed by atoms with Crippen LogP contribution in [0.25, 0.3) is 0 Å². The summed E-state index contributed by atoms with van der Waals surface area (Å²) in [5.41, 5.74) is -0.0140. The smallest absolute Gasteiger partial charge is 0.0557 e. The fourth-order valence-electron chi connectivity index (χ4n) is 2.96. The molecule has 100 valence electrons. The second-order valence-corrected chi connectivity index (χ2v) is 5.71. The Morgan fingerprint density at radius 3 is 2.59 bits per heavy atom. The molecular weight excluding hydrogens is 218 g/mol. The van der Waals surface area contributed by atoms with E-state index in [0.29, 0.717) is 6.61 Å². The summed E-state index contributed by atoms with van der Waals surface area (Å²) in [5.74, 6) is 0.756. The Morgan fingerprint density at radius 2 is 2.00 bits per heavy atom. The van der Waals surface area contributed by atoms with Crippen molar-refractivity contribution in [3.05, 3.63) is 0 Å². The van der Waals surface area contributed by atoms with Gasteiger partial charge in [-0.1, -0.05) is 0 Å². The van der Waals surface area contributed by atoms with Crippen LogP contribution >= 0.6 is 0 Å². The number of rotatable bonds is 5. The molecule has 0 aromatic carbocycles. The van der Waals surface area contributed by atoms with Gasteiger partial charge in [-0.25, -0.2) is 0 Å². The first-order valence-corrected chi connectivity index (χ1v) is 6.69. The third kappa shape index (κ3) is 3.65. The second kappa shape index (κ2) is 6.14. The zero-order valence-electron chi connectivity index (χ0n) is 10.9. The summed E-state index contributed by atoms with van der Waals surface area (Å²) in [6.45, 7) is 5.63. The third-order valence-electron chi connectivity index (χ3n) is 4.04. The summed E-state index contributed by atoms with van der Waals surface area (Å²) in [4.78, 5) is 2.36. The van der Waals surface area contributed by atoms with E-state index in [0.717, 1.165) is 45.2 Å². The summed E-state index contributed by atoms with van der Waals surface area (Å²) in [6, 6.07) is 0. The molecule has 2 fully saturated rings. The van der Waals surface area contributed by atoms with Gasteiger partial charge in [-0.15, -0.1) is 0 Å². The van der Waals surface area contributed by atoms with Crippen LogP contribution < -0.4 is 0 Å². The Kier molecular flexibility index (Phi) is 4.79. The Balaban J connectivity index is 1.77. The monoisotopic (exact) mass is 243 g/mol. The van der Waals surface area contributed by atoms with E-state index in [4.69, 9.17) is 9.47 Å². The predicted molar refractivity (Wildman–Crippen MR) is 66.0 cm³/mol. The summed E-state index contributed by atoms with van der Waals surface area (Å²) in [7, 11) is 2.16. The molecule has 4 heteroatoms. The highest BCUT2D eigenvalue weighted by molar-refractivity contribution is 4.85. The van der Waals surface area contributed by atoms with Gasteiger partial charge in [-0.2, -0.15) is 0 Å². The first kappa shape index (κ1) is 13.3. The molecule has 0 spiro atoms. The lowest BCUT2D eigenvalue weighted by Crippen LogP contribution is -2.41. The van der Waals surface area contributed by atoms with Crippen molar-refractivity contribution >= 4 is 0 Å². The van der Waals surface area contributed by atoms with Crippen molar-refractivity contribution in [1.82, 2.24) is 4.90 Å². The fourth-order valence-corrected chi connectivity index (χ4v) is 2.96. The molecule has 0 aromatic heterocycles. The van der Waals surface area contributed by atoms with Gasteiger partial charge in [0.15, 0.2) is 0 Å². The van der Waals surface area contributed by atoms with Crippen molar-refractivity contribution in [3.63, 3.8) is 0 Å². The van der Waals surface area contributed by atoms with Gasteiger partial charge >= 0.3 is 0 Å². The standard InChI is InChI=1S/C13H25NO3/c1-14(8-12-2-5-16-6-3-12)9-13(10-15)4-7-17-11-13/h12,15H,2-11H2,1H3. The van der Waals surface area contributed by atoms with Crippen LogP contribution in [0.4, 0.5) is 0 Å². The normalized spacial score (nSPS) is 31.2. The molecule has 0 amide bonds. The van der Waals surface area contributed by atoms with E-state index < -0.39 is 0 Å². The van der Waals surface area contributed by atoms with Gasteiger partial charge in [0.1, 0.15) is 0 Å². The van der Waals surface area contributed by atoms with Gasteiger partial charge in [-0.3, -0.25) is 0 Å². The van der Waals surface area contributed by atoms with Gasteiger partial charge in [0.2, 0.25) is 0 Å². The van der Waals surface area contributed by atoms with Crippen molar-refractivity contribution in [2.24, 2.45) is 11.3 Å². The van der Waals surface area contributed by atoms with Crippen LogP contribution in [-0.2, 0) is 9.47 Å². The predicted octanol–water partition coefficient (Wildman–Crippen LogP) is 0.744. The lowest BCUT2D eigenvalue weighted by atomic mass is 9.87. The minimum atomic E-state index is -0.0140. The van der Waals surface area contributed by atoms with Gasteiger partial charge in [0.25, 0.3) is 0 Å². The van der Waals surface area contributed by atoms with E-state index in [2.05, 4.69) is 11.9 Å². The van der Waals surface area contributed by atoms with Crippen molar-refractivity contribution in [2.45, 2.75) is 19.3 Å². The molecule has 4 nitrogen and oxygen atoms in total. The van der Waals surface area contributed by atoms with Crippen LogP contribution in [0.3, 0.4) is 0 Å². The Labute approximate surface area is 104 Å². The van der Waals surface area contributed by atoms with Crippen molar-refractivity contribution < 1.29 is 14.6 Å². The molecule has 2 aliphatic heterocycles. The third-order valence-corrected chi connectivity index (χ3v) is 4.04. The first-order chi connectivity index (χ1) is 8.24. The molecule has 2 aliphatic rings. The number of aliphatic hydroxyl groups is 1. The highest BCUT2D eigenvalue weighted by Crippen LogP contribution is 2.29. The van der Waals surface area contributed by atoms with E-state index >= 15 is 0 Å². The molecule has 1 atom stereocenters. The maximum atomic E-state index is 9.54. The topological polar surface area (TPSA) is 41.9 Å². The lowest BCUT2D eigenvalue weighted by molar-refractivity contribution is 0.0347. The summed E-state index contributed by atoms with van der Waals surface area (Å²) < 4.78 is 10.8. The van der Waals surface area contributed by atoms with E-state index in [1.807, 2.05) is 0 Å². The van der Waals surface area contributed by atoms with Crippen molar-refractivity contribution in [3.8, 4) is 0 Å². The lowest BCUT2D eigenvalue weighted by Gasteiger charge is -2.33. The Hall–Kier alpha value is -0.160. The molecule has 0 bridgehead atoms. The van der Waals surface area contributed by atoms with Gasteiger partial charge < -0.3 is 19.5 Å². The average molecular weight is 243 g/mol. The molecule has 1 unspecified atom stereocenters. The van der Waals surface area contributed by atoms with Crippen LogP contribution in [0.15, 0.2) is 0 Å². The maximum absolute atomic E-state index is 9.54. The van der Waals surface area contributed by atoms with E-state index in [1.165, 1.54) is 12.8 Å². The van der Waals surface area contributed by atoms with Crippen LogP contribution in [0.1, 0.15) is 19.3 Å². The van der Waals surface area contributed by atoms with Crippen LogP contribution in [0.2, 0.25) is 0 Å². The summed E-state index contributed by atoms with van der Waals surface area (Å²) >= 11 is 0. The number of hydrogen-bond acceptors (Lipinski definition) is 4. The molecule has 2 saturated heterocycles. The number of hydrogen-bond donors (Lipinski definition) is 1. The van der Waals surface area contributed by atoms with Gasteiger partial charge in [0, 0.05) is 38.3 Å². The minimum absolute atomic E-state index is 0.0140. The summed E-state index contributed by atoms with van der Waals surface area (Å²) in [6.07, 6.45) is 3.33. The van der Waals surface area contributed by atoms with Gasteiger partial charge in [0.05, 0.1) is 13.2 Å². The van der Waals surface area contributed by atoms with Crippen molar-refractivity contribution in [2.75, 3.05) is 53.2 Å². The molecule has 0 saturated carbocycles. The molecule has 17 heavy (non-hydrogen) atoms. The van der Waals surface area contributed by atoms with Crippen LogP contribution in [0.5, 0.6) is 0 Å². The van der Waals surface area contributed by atoms with Crippen LogP contribution in [0, 0.1) is 11.3 Å². The molecule has 2 heterocycles. The number of aliphatic hydroxyl groups excluding tert-OH is 1. The zero-order valence-corrected chi connectivity index (χ0v) is 10.9. The van der Waals surface area contributed by atoms with Gasteiger partial charge in [-0.05, 0) is 32.2 Å². The fraction of sp³-hybridized carbons (Fsp3) is 1.00. The largest absolute Gasteiger partial charge is 0.396 e. The Morgan fingerprint density at radius 1 is 1.24 bits per heavy atom. The molecule has 2 rings (SSSR count). The molecule has 0 aliphatic carbocycles. The van der Waals surface area contributed by atoms with Crippen molar-refractivity contribution in [1.29, 1.82) is 0 Å². The second-order valence-electron chi connectivity index (χ2n) is 5.71. The SMILES string of the molecule is CN(CC1CCOCC1)CC1(CO)CCOC1. The van der Waals surface area contributed by atoms with E-state index in [-0.39, 0.29) is 12.0 Å².